The van der Waals surface area contributed by atoms with Gasteiger partial charge in [0.1, 0.15) is 0 Å². The summed E-state index contributed by atoms with van der Waals surface area (Å²) in [6.07, 6.45) is 7.04. The predicted octanol–water partition coefficient (Wildman–Crippen LogP) is 2.71. The molecule has 1 amide bonds. The van der Waals surface area contributed by atoms with E-state index in [2.05, 4.69) is 5.32 Å². The summed E-state index contributed by atoms with van der Waals surface area (Å²) in [6.45, 7) is 1.69. The molecule has 2 saturated heterocycles. The van der Waals surface area contributed by atoms with Gasteiger partial charge in [0.25, 0.3) is 0 Å². The molecule has 1 aromatic carbocycles. The third-order valence-electron chi connectivity index (χ3n) is 4.12. The summed E-state index contributed by atoms with van der Waals surface area (Å²) >= 11 is 5.84. The van der Waals surface area contributed by atoms with Crippen molar-refractivity contribution in [3.05, 3.63) is 40.9 Å². The van der Waals surface area contributed by atoms with Crippen LogP contribution in [0, 0.1) is 0 Å². The highest BCUT2D eigenvalue weighted by Crippen LogP contribution is 2.20. The molecule has 20 heavy (non-hydrogen) atoms. The van der Waals surface area contributed by atoms with E-state index >= 15 is 0 Å². The predicted molar refractivity (Wildman–Crippen MR) is 81.6 cm³/mol. The van der Waals surface area contributed by atoms with E-state index in [1.54, 1.807) is 6.08 Å². The number of fused-ring (bicyclic) bond motifs is 2. The first-order valence-corrected chi connectivity index (χ1v) is 7.57. The van der Waals surface area contributed by atoms with Crippen LogP contribution in [0.3, 0.4) is 0 Å². The van der Waals surface area contributed by atoms with E-state index in [0.29, 0.717) is 17.1 Å². The van der Waals surface area contributed by atoms with Crippen molar-refractivity contribution < 1.29 is 4.79 Å². The summed E-state index contributed by atoms with van der Waals surface area (Å²) in [5.41, 5.74) is 0.997. The summed E-state index contributed by atoms with van der Waals surface area (Å²) in [5, 5.41) is 4.30. The van der Waals surface area contributed by atoms with Crippen LogP contribution in [0.5, 0.6) is 0 Å². The minimum Gasteiger partial charge on any atom is -0.338 e. The molecule has 2 atom stereocenters. The molecule has 2 aliphatic rings. The summed E-state index contributed by atoms with van der Waals surface area (Å²) in [6, 6.07) is 8.59. The molecule has 0 aromatic heterocycles. The van der Waals surface area contributed by atoms with Gasteiger partial charge in [-0.1, -0.05) is 23.7 Å². The van der Waals surface area contributed by atoms with Gasteiger partial charge in [-0.05, 0) is 43.0 Å². The molecular weight excluding hydrogens is 272 g/mol. The van der Waals surface area contributed by atoms with Crippen molar-refractivity contribution in [2.45, 2.75) is 31.3 Å². The highest BCUT2D eigenvalue weighted by Gasteiger charge is 2.30. The number of nitrogens with one attached hydrogen (secondary N) is 1. The SMILES string of the molecule is O=C(/C=C/c1ccc(Cl)cc1)N1CCC2CCC(C1)N2. The van der Waals surface area contributed by atoms with Gasteiger partial charge in [-0.3, -0.25) is 4.79 Å². The van der Waals surface area contributed by atoms with Crippen molar-refractivity contribution in [3.63, 3.8) is 0 Å². The normalized spacial score (nSPS) is 25.9. The average Bonchev–Trinajstić information content (AvgIpc) is 2.77. The second-order valence-corrected chi connectivity index (χ2v) is 6.03. The Labute approximate surface area is 124 Å². The van der Waals surface area contributed by atoms with Crippen LogP contribution in [0.1, 0.15) is 24.8 Å². The Bertz CT molecular complexity index is 512. The Balaban J connectivity index is 1.62. The number of benzene rings is 1. The molecular formula is C16H19ClN2O. The minimum atomic E-state index is 0.106. The topological polar surface area (TPSA) is 32.3 Å². The first kappa shape index (κ1) is 13.7. The molecule has 0 aliphatic carbocycles. The number of amides is 1. The zero-order chi connectivity index (χ0) is 13.9. The van der Waals surface area contributed by atoms with E-state index in [1.165, 1.54) is 12.8 Å². The van der Waals surface area contributed by atoms with Crippen molar-refractivity contribution in [2.75, 3.05) is 13.1 Å². The van der Waals surface area contributed by atoms with Gasteiger partial charge in [-0.25, -0.2) is 0 Å². The number of hydrogen-bond donors (Lipinski definition) is 1. The van der Waals surface area contributed by atoms with Crippen LogP contribution in [-0.4, -0.2) is 36.0 Å². The van der Waals surface area contributed by atoms with E-state index in [-0.39, 0.29) is 5.91 Å². The lowest BCUT2D eigenvalue weighted by molar-refractivity contribution is -0.126. The molecule has 3 rings (SSSR count). The number of carbonyl (C=O) groups is 1. The number of carbonyl (C=O) groups excluding carboxylic acids is 1. The lowest BCUT2D eigenvalue weighted by Gasteiger charge is -2.22. The number of hydrogen-bond acceptors (Lipinski definition) is 2. The van der Waals surface area contributed by atoms with Crippen LogP contribution in [0.25, 0.3) is 6.08 Å². The number of rotatable bonds is 2. The van der Waals surface area contributed by atoms with Gasteiger partial charge in [0.2, 0.25) is 5.91 Å². The summed E-state index contributed by atoms with van der Waals surface area (Å²) in [4.78, 5) is 14.2. The van der Waals surface area contributed by atoms with Gasteiger partial charge >= 0.3 is 0 Å². The van der Waals surface area contributed by atoms with E-state index < -0.39 is 0 Å². The molecule has 0 radical (unpaired) electrons. The van der Waals surface area contributed by atoms with Crippen LogP contribution >= 0.6 is 11.6 Å². The van der Waals surface area contributed by atoms with Gasteiger partial charge in [0.15, 0.2) is 0 Å². The molecule has 4 heteroatoms. The molecule has 106 valence electrons. The first-order chi connectivity index (χ1) is 9.70. The van der Waals surface area contributed by atoms with Crippen molar-refractivity contribution in [1.82, 2.24) is 10.2 Å². The van der Waals surface area contributed by atoms with Crippen LogP contribution in [-0.2, 0) is 4.79 Å². The highest BCUT2D eigenvalue weighted by molar-refractivity contribution is 6.30. The van der Waals surface area contributed by atoms with E-state index in [9.17, 15) is 4.79 Å². The van der Waals surface area contributed by atoms with Gasteiger partial charge in [-0.2, -0.15) is 0 Å². The Morgan fingerprint density at radius 1 is 1.20 bits per heavy atom. The monoisotopic (exact) mass is 290 g/mol. The molecule has 2 aliphatic heterocycles. The maximum atomic E-state index is 12.3. The van der Waals surface area contributed by atoms with Crippen molar-refractivity contribution >= 4 is 23.6 Å². The van der Waals surface area contributed by atoms with Crippen LogP contribution < -0.4 is 5.32 Å². The Hall–Kier alpha value is -1.32. The van der Waals surface area contributed by atoms with Gasteiger partial charge in [0.05, 0.1) is 0 Å². The smallest absolute Gasteiger partial charge is 0.246 e. The maximum absolute atomic E-state index is 12.3. The zero-order valence-corrected chi connectivity index (χ0v) is 12.1. The highest BCUT2D eigenvalue weighted by atomic mass is 35.5. The summed E-state index contributed by atoms with van der Waals surface area (Å²) < 4.78 is 0. The molecule has 0 spiro atoms. The molecule has 2 bridgehead atoms. The quantitative estimate of drug-likeness (QED) is 0.850. The largest absolute Gasteiger partial charge is 0.338 e. The molecule has 2 fully saturated rings. The van der Waals surface area contributed by atoms with Gasteiger partial charge in [0, 0.05) is 36.3 Å². The minimum absolute atomic E-state index is 0.106. The lowest BCUT2D eigenvalue weighted by atomic mass is 10.1. The molecule has 1 aromatic rings. The number of halogens is 1. The Morgan fingerprint density at radius 3 is 2.75 bits per heavy atom. The molecule has 3 nitrogen and oxygen atoms in total. The van der Waals surface area contributed by atoms with Gasteiger partial charge < -0.3 is 10.2 Å². The first-order valence-electron chi connectivity index (χ1n) is 7.19. The second-order valence-electron chi connectivity index (χ2n) is 5.60. The molecule has 0 saturated carbocycles. The van der Waals surface area contributed by atoms with Crippen molar-refractivity contribution in [3.8, 4) is 0 Å². The maximum Gasteiger partial charge on any atom is 0.246 e. The molecule has 2 heterocycles. The Morgan fingerprint density at radius 2 is 1.95 bits per heavy atom. The number of nitrogens with zero attached hydrogens (tertiary/aromatic N) is 1. The van der Waals surface area contributed by atoms with E-state index in [4.69, 9.17) is 11.6 Å². The fourth-order valence-corrected chi connectivity index (χ4v) is 3.12. The third kappa shape index (κ3) is 3.22. The lowest BCUT2D eigenvalue weighted by Crippen LogP contribution is -2.38. The summed E-state index contributed by atoms with van der Waals surface area (Å²) in [5.74, 6) is 0.106. The molecule has 2 unspecified atom stereocenters. The second kappa shape index (κ2) is 5.98. The van der Waals surface area contributed by atoms with Crippen LogP contribution in [0.4, 0.5) is 0 Å². The van der Waals surface area contributed by atoms with Crippen LogP contribution in [0.15, 0.2) is 30.3 Å². The van der Waals surface area contributed by atoms with Crippen molar-refractivity contribution in [1.29, 1.82) is 0 Å². The Kier molecular flexibility index (Phi) is 4.08. The molecule has 1 N–H and O–H groups in total. The van der Waals surface area contributed by atoms with Crippen LogP contribution in [0.2, 0.25) is 5.02 Å². The fourth-order valence-electron chi connectivity index (χ4n) is 2.99. The standard InChI is InChI=1S/C16H19ClN2O/c17-13-4-1-12(2-5-13)3-8-16(20)19-10-9-14-6-7-15(11-19)18-14/h1-5,8,14-15,18H,6-7,9-11H2/b8-3+. The van der Waals surface area contributed by atoms with Gasteiger partial charge in [-0.15, -0.1) is 0 Å². The number of likely N-dealkylation sites (tertiary alicyclic amines) is 1. The van der Waals surface area contributed by atoms with E-state index in [0.717, 1.165) is 25.1 Å². The summed E-state index contributed by atoms with van der Waals surface area (Å²) in [7, 11) is 0. The third-order valence-corrected chi connectivity index (χ3v) is 4.38. The fraction of sp³-hybridized carbons (Fsp3) is 0.438. The zero-order valence-electron chi connectivity index (χ0n) is 11.4. The van der Waals surface area contributed by atoms with Crippen molar-refractivity contribution in [2.24, 2.45) is 0 Å². The van der Waals surface area contributed by atoms with E-state index in [1.807, 2.05) is 35.2 Å². The average molecular weight is 291 g/mol.